The zero-order valence-electron chi connectivity index (χ0n) is 16.9. The number of nitrogens with zero attached hydrogens (tertiary/aromatic N) is 1. The van der Waals surface area contributed by atoms with Crippen LogP contribution in [0.5, 0.6) is 5.75 Å². The van der Waals surface area contributed by atoms with Crippen LogP contribution in [0.4, 0.5) is 0 Å². The molecule has 2 heterocycles. The molecule has 0 saturated carbocycles. The molecule has 4 rings (SSSR count). The fraction of sp³-hybridized carbons (Fsp3) is 0.435. The molecular formula is C23H27NO5S. The summed E-state index contributed by atoms with van der Waals surface area (Å²) in [7, 11) is -3.09. The molecule has 2 fully saturated rings. The van der Waals surface area contributed by atoms with Gasteiger partial charge in [0.15, 0.2) is 16.4 Å². The Kier molecular flexibility index (Phi) is 6.39. The molecule has 1 amide bonds. The number of benzene rings is 2. The maximum absolute atomic E-state index is 13.1. The van der Waals surface area contributed by atoms with Crippen LogP contribution in [-0.4, -0.2) is 62.6 Å². The molecule has 2 aliphatic heterocycles. The summed E-state index contributed by atoms with van der Waals surface area (Å²) in [6.07, 6.45) is 2.30. The highest BCUT2D eigenvalue weighted by molar-refractivity contribution is 7.91. The summed E-state index contributed by atoms with van der Waals surface area (Å²) in [5.41, 5.74) is 1.93. The SMILES string of the molecule is O=C(COc1ccccc1-c1ccccc1)N(CC1CCCO1)C1CCS(=O)(=O)C1. The molecule has 6 nitrogen and oxygen atoms in total. The Morgan fingerprint density at radius 1 is 1.07 bits per heavy atom. The number of hydrogen-bond donors (Lipinski definition) is 0. The van der Waals surface area contributed by atoms with Gasteiger partial charge in [-0.05, 0) is 30.9 Å². The van der Waals surface area contributed by atoms with Crippen LogP contribution in [0.15, 0.2) is 54.6 Å². The number of sulfone groups is 1. The Labute approximate surface area is 177 Å². The predicted octanol–water partition coefficient (Wildman–Crippen LogP) is 2.93. The first kappa shape index (κ1) is 20.9. The third kappa shape index (κ3) is 5.02. The zero-order valence-corrected chi connectivity index (χ0v) is 17.7. The lowest BCUT2D eigenvalue weighted by molar-refractivity contribution is -0.137. The minimum absolute atomic E-state index is 0.0199. The van der Waals surface area contributed by atoms with E-state index in [2.05, 4.69) is 0 Å². The Morgan fingerprint density at radius 3 is 2.53 bits per heavy atom. The summed E-state index contributed by atoms with van der Waals surface area (Å²) in [5, 5.41) is 0. The van der Waals surface area contributed by atoms with Gasteiger partial charge in [0, 0.05) is 24.8 Å². The number of ether oxygens (including phenoxy) is 2. The van der Waals surface area contributed by atoms with Crippen molar-refractivity contribution in [3.63, 3.8) is 0 Å². The highest BCUT2D eigenvalue weighted by Crippen LogP contribution is 2.30. The minimum Gasteiger partial charge on any atom is -0.483 e. The molecule has 7 heteroatoms. The summed E-state index contributed by atoms with van der Waals surface area (Å²) in [6, 6.07) is 17.2. The van der Waals surface area contributed by atoms with Gasteiger partial charge in [-0.1, -0.05) is 48.5 Å². The van der Waals surface area contributed by atoms with Crippen LogP contribution in [0.25, 0.3) is 11.1 Å². The number of amides is 1. The van der Waals surface area contributed by atoms with Gasteiger partial charge in [-0.3, -0.25) is 4.79 Å². The summed E-state index contributed by atoms with van der Waals surface area (Å²) in [6.45, 7) is 0.979. The molecule has 0 bridgehead atoms. The Bertz CT molecular complexity index is 970. The van der Waals surface area contributed by atoms with Crippen molar-refractivity contribution in [1.29, 1.82) is 0 Å². The zero-order chi connectivity index (χ0) is 21.0. The first-order chi connectivity index (χ1) is 14.5. The topological polar surface area (TPSA) is 72.9 Å². The van der Waals surface area contributed by atoms with Crippen LogP contribution in [0.1, 0.15) is 19.3 Å². The highest BCUT2D eigenvalue weighted by atomic mass is 32.2. The average Bonchev–Trinajstić information content (AvgIpc) is 3.40. The van der Waals surface area contributed by atoms with Gasteiger partial charge in [-0.15, -0.1) is 0 Å². The molecule has 0 radical (unpaired) electrons. The second-order valence-corrected chi connectivity index (χ2v) is 10.1. The monoisotopic (exact) mass is 429 g/mol. The van der Waals surface area contributed by atoms with Crippen molar-refractivity contribution < 1.29 is 22.7 Å². The average molecular weight is 430 g/mol. The molecule has 160 valence electrons. The molecule has 2 aliphatic rings. The lowest BCUT2D eigenvalue weighted by atomic mass is 10.1. The number of hydrogen-bond acceptors (Lipinski definition) is 5. The molecule has 2 aromatic carbocycles. The molecule has 30 heavy (non-hydrogen) atoms. The van der Waals surface area contributed by atoms with Gasteiger partial charge in [0.05, 0.1) is 17.6 Å². The highest BCUT2D eigenvalue weighted by Gasteiger charge is 2.36. The van der Waals surface area contributed by atoms with E-state index in [4.69, 9.17) is 9.47 Å². The Hall–Kier alpha value is -2.38. The fourth-order valence-electron chi connectivity index (χ4n) is 4.15. The molecule has 0 aliphatic carbocycles. The molecule has 2 atom stereocenters. The number of carbonyl (C=O) groups is 1. The van der Waals surface area contributed by atoms with E-state index >= 15 is 0 Å². The lowest BCUT2D eigenvalue weighted by Gasteiger charge is -2.30. The largest absolute Gasteiger partial charge is 0.483 e. The molecule has 0 spiro atoms. The van der Waals surface area contributed by atoms with E-state index in [0.717, 1.165) is 24.0 Å². The van der Waals surface area contributed by atoms with E-state index in [0.29, 0.717) is 25.3 Å². The van der Waals surface area contributed by atoms with Gasteiger partial charge in [0.25, 0.3) is 5.91 Å². The van der Waals surface area contributed by atoms with Gasteiger partial charge in [-0.25, -0.2) is 8.42 Å². The van der Waals surface area contributed by atoms with E-state index < -0.39 is 9.84 Å². The van der Waals surface area contributed by atoms with Crippen LogP contribution in [0, 0.1) is 0 Å². The van der Waals surface area contributed by atoms with E-state index in [1.54, 1.807) is 4.90 Å². The fourth-order valence-corrected chi connectivity index (χ4v) is 5.89. The molecule has 0 N–H and O–H groups in total. The van der Waals surface area contributed by atoms with E-state index in [1.165, 1.54) is 0 Å². The summed E-state index contributed by atoms with van der Waals surface area (Å²) in [4.78, 5) is 14.8. The molecule has 2 unspecified atom stereocenters. The van der Waals surface area contributed by atoms with Crippen LogP contribution >= 0.6 is 0 Å². The normalized spacial score (nSPS) is 22.7. The van der Waals surface area contributed by atoms with Crippen LogP contribution in [0.3, 0.4) is 0 Å². The van der Waals surface area contributed by atoms with Crippen LogP contribution < -0.4 is 4.74 Å². The van der Waals surface area contributed by atoms with Crippen molar-refractivity contribution in [2.75, 3.05) is 31.3 Å². The van der Waals surface area contributed by atoms with E-state index in [1.807, 2.05) is 54.6 Å². The van der Waals surface area contributed by atoms with Gasteiger partial charge in [-0.2, -0.15) is 0 Å². The third-order valence-corrected chi connectivity index (χ3v) is 7.47. The standard InChI is InChI=1S/C23H27NO5S/c25-23(16-29-22-11-5-4-10-21(22)18-7-2-1-3-8-18)24(15-20-9-6-13-28-20)19-12-14-30(26,27)17-19/h1-5,7-8,10-11,19-20H,6,9,12-17H2. The molecular weight excluding hydrogens is 402 g/mol. The lowest BCUT2D eigenvalue weighted by Crippen LogP contribution is -2.47. The molecule has 2 aromatic rings. The Morgan fingerprint density at radius 2 is 1.83 bits per heavy atom. The smallest absolute Gasteiger partial charge is 0.260 e. The second-order valence-electron chi connectivity index (χ2n) is 7.89. The van der Waals surface area contributed by atoms with Crippen molar-refractivity contribution >= 4 is 15.7 Å². The number of carbonyl (C=O) groups excluding carboxylic acids is 1. The van der Waals surface area contributed by atoms with Crippen molar-refractivity contribution in [2.45, 2.75) is 31.4 Å². The summed E-state index contributed by atoms with van der Waals surface area (Å²) in [5.74, 6) is 0.583. The minimum atomic E-state index is -3.09. The first-order valence-electron chi connectivity index (χ1n) is 10.4. The van der Waals surface area contributed by atoms with Crippen LogP contribution in [-0.2, 0) is 19.4 Å². The van der Waals surface area contributed by atoms with Gasteiger partial charge in [0.2, 0.25) is 0 Å². The molecule has 2 saturated heterocycles. The van der Waals surface area contributed by atoms with E-state index in [9.17, 15) is 13.2 Å². The van der Waals surface area contributed by atoms with Crippen LogP contribution in [0.2, 0.25) is 0 Å². The van der Waals surface area contributed by atoms with Crippen molar-refractivity contribution in [2.24, 2.45) is 0 Å². The second kappa shape index (κ2) is 9.18. The van der Waals surface area contributed by atoms with Gasteiger partial charge < -0.3 is 14.4 Å². The van der Waals surface area contributed by atoms with Crippen molar-refractivity contribution in [3.05, 3.63) is 54.6 Å². The summed E-state index contributed by atoms with van der Waals surface area (Å²) >= 11 is 0. The first-order valence-corrected chi connectivity index (χ1v) is 12.2. The van der Waals surface area contributed by atoms with Crippen molar-refractivity contribution in [1.82, 2.24) is 4.90 Å². The Balaban J connectivity index is 1.48. The number of rotatable bonds is 7. The maximum atomic E-state index is 13.1. The third-order valence-electron chi connectivity index (χ3n) is 5.72. The quantitative estimate of drug-likeness (QED) is 0.677. The van der Waals surface area contributed by atoms with E-state index in [-0.39, 0.29) is 36.2 Å². The van der Waals surface area contributed by atoms with Gasteiger partial charge >= 0.3 is 0 Å². The predicted molar refractivity (Wildman–Crippen MR) is 115 cm³/mol. The molecule has 0 aromatic heterocycles. The summed E-state index contributed by atoms with van der Waals surface area (Å²) < 4.78 is 35.6. The maximum Gasteiger partial charge on any atom is 0.260 e. The van der Waals surface area contributed by atoms with Gasteiger partial charge in [0.1, 0.15) is 5.75 Å². The van der Waals surface area contributed by atoms with Crippen molar-refractivity contribution in [3.8, 4) is 16.9 Å². The number of para-hydroxylation sites is 1.